The molecule has 1 heterocycles. The molecule has 0 radical (unpaired) electrons. The van der Waals surface area contributed by atoms with Crippen LogP contribution in [0, 0.1) is 0 Å². The first-order valence-corrected chi connectivity index (χ1v) is 11.2. The molecule has 0 aliphatic rings. The number of aromatic nitrogens is 2. The van der Waals surface area contributed by atoms with Crippen molar-refractivity contribution in [2.75, 3.05) is 5.73 Å². The summed E-state index contributed by atoms with van der Waals surface area (Å²) in [7, 11) is 0. The van der Waals surface area contributed by atoms with E-state index < -0.39 is 0 Å². The number of para-hydroxylation sites is 2. The fourth-order valence-corrected chi connectivity index (χ4v) is 4.50. The van der Waals surface area contributed by atoms with Crippen molar-refractivity contribution < 1.29 is 0 Å². The van der Waals surface area contributed by atoms with E-state index in [0.717, 1.165) is 35.9 Å². The molecule has 0 saturated carbocycles. The SMILES string of the molecule is C=C(C)c1ccccc1CCCCCC(c1ccccc1)n1c(N)nc2ccccc21. The molecule has 0 bridgehead atoms. The number of nitrogens with zero attached hydrogens (tertiary/aromatic N) is 2. The monoisotopic (exact) mass is 409 g/mol. The average Bonchev–Trinajstić information content (AvgIpc) is 3.12. The van der Waals surface area contributed by atoms with Gasteiger partial charge in [-0.05, 0) is 55.0 Å². The summed E-state index contributed by atoms with van der Waals surface area (Å²) in [5.74, 6) is 0.588. The van der Waals surface area contributed by atoms with Crippen molar-refractivity contribution in [1.82, 2.24) is 9.55 Å². The number of rotatable bonds is 9. The summed E-state index contributed by atoms with van der Waals surface area (Å²) in [6.07, 6.45) is 5.62. The van der Waals surface area contributed by atoms with Gasteiger partial charge in [-0.15, -0.1) is 0 Å². The molecule has 3 heteroatoms. The standard InChI is InChI=1S/C28H31N3/c1-21(2)24-17-10-9-14-22(24)13-5-4-8-19-26(23-15-6-3-7-16-23)31-27-20-12-11-18-25(27)30-28(31)29/h3,6-7,9-12,14-18,20,26H,1,4-5,8,13,19H2,2H3,(H2,29,30). The van der Waals surface area contributed by atoms with Crippen molar-refractivity contribution in [1.29, 1.82) is 0 Å². The second-order valence-corrected chi connectivity index (χ2v) is 8.29. The fourth-order valence-electron chi connectivity index (χ4n) is 4.50. The molecule has 0 saturated heterocycles. The highest BCUT2D eigenvalue weighted by molar-refractivity contribution is 5.78. The number of allylic oxidation sites excluding steroid dienone is 1. The van der Waals surface area contributed by atoms with Crippen LogP contribution >= 0.6 is 0 Å². The van der Waals surface area contributed by atoms with Gasteiger partial charge in [0.2, 0.25) is 5.95 Å². The zero-order valence-corrected chi connectivity index (χ0v) is 18.3. The molecule has 4 aromatic rings. The maximum Gasteiger partial charge on any atom is 0.201 e. The lowest BCUT2D eigenvalue weighted by molar-refractivity contribution is 0.514. The molecule has 31 heavy (non-hydrogen) atoms. The second-order valence-electron chi connectivity index (χ2n) is 8.29. The molecule has 0 spiro atoms. The molecule has 3 nitrogen and oxygen atoms in total. The topological polar surface area (TPSA) is 43.8 Å². The molecule has 2 N–H and O–H groups in total. The molecule has 1 atom stereocenters. The molecule has 1 aromatic heterocycles. The highest BCUT2D eigenvalue weighted by Gasteiger charge is 2.19. The van der Waals surface area contributed by atoms with Crippen molar-refractivity contribution in [3.05, 3.63) is 102 Å². The predicted molar refractivity (Wildman–Crippen MR) is 132 cm³/mol. The van der Waals surface area contributed by atoms with Crippen LogP contribution in [-0.4, -0.2) is 9.55 Å². The maximum absolute atomic E-state index is 6.39. The molecule has 0 aliphatic carbocycles. The number of benzene rings is 3. The zero-order valence-electron chi connectivity index (χ0n) is 18.3. The third-order valence-corrected chi connectivity index (χ3v) is 6.02. The van der Waals surface area contributed by atoms with Gasteiger partial charge in [-0.2, -0.15) is 0 Å². The Balaban J connectivity index is 1.47. The van der Waals surface area contributed by atoms with Crippen LogP contribution in [0.15, 0.2) is 85.4 Å². The van der Waals surface area contributed by atoms with E-state index in [2.05, 4.69) is 89.8 Å². The minimum atomic E-state index is 0.191. The van der Waals surface area contributed by atoms with Gasteiger partial charge in [0.05, 0.1) is 17.1 Å². The minimum absolute atomic E-state index is 0.191. The van der Waals surface area contributed by atoms with Crippen molar-refractivity contribution in [3.8, 4) is 0 Å². The fraction of sp³-hybridized carbons (Fsp3) is 0.250. The maximum atomic E-state index is 6.39. The van der Waals surface area contributed by atoms with E-state index in [9.17, 15) is 0 Å². The summed E-state index contributed by atoms with van der Waals surface area (Å²) < 4.78 is 2.21. The molecular weight excluding hydrogens is 378 g/mol. The van der Waals surface area contributed by atoms with Gasteiger partial charge in [0.15, 0.2) is 0 Å². The Hall–Kier alpha value is -3.33. The van der Waals surface area contributed by atoms with Crippen LogP contribution in [0.4, 0.5) is 5.95 Å². The first-order valence-electron chi connectivity index (χ1n) is 11.2. The van der Waals surface area contributed by atoms with Gasteiger partial charge in [-0.1, -0.05) is 91.7 Å². The summed E-state index contributed by atoms with van der Waals surface area (Å²) in [5, 5.41) is 0. The van der Waals surface area contributed by atoms with Crippen LogP contribution in [0.25, 0.3) is 16.6 Å². The highest BCUT2D eigenvalue weighted by Crippen LogP contribution is 2.31. The van der Waals surface area contributed by atoms with Crippen LogP contribution in [0.5, 0.6) is 0 Å². The number of nitrogens with two attached hydrogens (primary N) is 1. The summed E-state index contributed by atoms with van der Waals surface area (Å²) in [5.41, 5.74) is 13.6. The third-order valence-electron chi connectivity index (χ3n) is 6.02. The molecule has 0 fully saturated rings. The van der Waals surface area contributed by atoms with E-state index in [4.69, 9.17) is 5.73 Å². The van der Waals surface area contributed by atoms with E-state index in [1.165, 1.54) is 29.5 Å². The van der Waals surface area contributed by atoms with Crippen molar-refractivity contribution in [3.63, 3.8) is 0 Å². The van der Waals surface area contributed by atoms with Gasteiger partial charge in [0, 0.05) is 0 Å². The molecule has 4 rings (SSSR count). The lowest BCUT2D eigenvalue weighted by Gasteiger charge is -2.21. The van der Waals surface area contributed by atoms with E-state index in [1.807, 2.05) is 12.1 Å². The quantitative estimate of drug-likeness (QED) is 0.301. The molecule has 0 aliphatic heterocycles. The van der Waals surface area contributed by atoms with E-state index in [-0.39, 0.29) is 6.04 Å². The number of fused-ring (bicyclic) bond motifs is 1. The van der Waals surface area contributed by atoms with Gasteiger partial charge >= 0.3 is 0 Å². The molecule has 158 valence electrons. The largest absolute Gasteiger partial charge is 0.369 e. The highest BCUT2D eigenvalue weighted by atomic mass is 15.2. The Bertz CT molecular complexity index is 1160. The van der Waals surface area contributed by atoms with Crippen LogP contribution in [0.3, 0.4) is 0 Å². The summed E-state index contributed by atoms with van der Waals surface area (Å²) in [6, 6.07) is 27.7. The normalized spacial score (nSPS) is 12.2. The first kappa shape index (κ1) is 20.9. The number of anilines is 1. The lowest BCUT2D eigenvalue weighted by Crippen LogP contribution is -2.13. The lowest BCUT2D eigenvalue weighted by atomic mass is 9.95. The summed E-state index contributed by atoms with van der Waals surface area (Å²) in [6.45, 7) is 6.21. The van der Waals surface area contributed by atoms with E-state index in [0.29, 0.717) is 5.95 Å². The number of nitrogen functional groups attached to an aromatic ring is 1. The van der Waals surface area contributed by atoms with Gasteiger partial charge < -0.3 is 10.3 Å². The van der Waals surface area contributed by atoms with Crippen molar-refractivity contribution in [2.24, 2.45) is 0 Å². The Morgan fingerprint density at radius 2 is 1.61 bits per heavy atom. The molecular formula is C28H31N3. The van der Waals surface area contributed by atoms with Crippen LogP contribution in [0.1, 0.15) is 55.3 Å². The van der Waals surface area contributed by atoms with Crippen LogP contribution < -0.4 is 5.73 Å². The van der Waals surface area contributed by atoms with Gasteiger partial charge in [0.1, 0.15) is 0 Å². The molecule has 1 unspecified atom stereocenters. The first-order chi connectivity index (χ1) is 15.1. The number of unbranched alkanes of at least 4 members (excludes halogenated alkanes) is 2. The third kappa shape index (κ3) is 4.72. The molecule has 0 amide bonds. The Kier molecular flexibility index (Phi) is 6.51. The number of hydrogen-bond acceptors (Lipinski definition) is 2. The zero-order chi connectivity index (χ0) is 21.6. The smallest absolute Gasteiger partial charge is 0.201 e. The van der Waals surface area contributed by atoms with Crippen molar-refractivity contribution >= 4 is 22.6 Å². The number of hydrogen-bond donors (Lipinski definition) is 1. The van der Waals surface area contributed by atoms with Gasteiger partial charge in [0.25, 0.3) is 0 Å². The molecule has 3 aromatic carbocycles. The van der Waals surface area contributed by atoms with Gasteiger partial charge in [-0.25, -0.2) is 4.98 Å². The van der Waals surface area contributed by atoms with Gasteiger partial charge in [-0.3, -0.25) is 0 Å². The Labute approximate surface area is 185 Å². The predicted octanol–water partition coefficient (Wildman–Crippen LogP) is 7.04. The summed E-state index contributed by atoms with van der Waals surface area (Å²) in [4.78, 5) is 4.60. The number of imidazole rings is 1. The Morgan fingerprint density at radius 1 is 0.903 bits per heavy atom. The summed E-state index contributed by atoms with van der Waals surface area (Å²) >= 11 is 0. The minimum Gasteiger partial charge on any atom is -0.369 e. The Morgan fingerprint density at radius 3 is 2.42 bits per heavy atom. The van der Waals surface area contributed by atoms with Crippen LogP contribution in [0.2, 0.25) is 0 Å². The van der Waals surface area contributed by atoms with Crippen LogP contribution in [-0.2, 0) is 6.42 Å². The number of aryl methyl sites for hydroxylation is 1. The van der Waals surface area contributed by atoms with Crippen molar-refractivity contribution in [2.45, 2.75) is 45.1 Å². The van der Waals surface area contributed by atoms with E-state index >= 15 is 0 Å². The van der Waals surface area contributed by atoms with E-state index in [1.54, 1.807) is 0 Å². The second kappa shape index (κ2) is 9.65. The average molecular weight is 410 g/mol.